The van der Waals surface area contributed by atoms with Crippen LogP contribution in [0.2, 0.25) is 0 Å². The predicted octanol–water partition coefficient (Wildman–Crippen LogP) is 6.14. The van der Waals surface area contributed by atoms with Gasteiger partial charge in [0.25, 0.3) is 17.7 Å². The van der Waals surface area contributed by atoms with Crippen LogP contribution in [0.15, 0.2) is 85.1 Å². The molecule has 1 aliphatic heterocycles. The fraction of sp³-hybridized carbons (Fsp3) is 0.366. The van der Waals surface area contributed by atoms with Crippen LogP contribution in [-0.2, 0) is 11.2 Å². The van der Waals surface area contributed by atoms with E-state index in [0.29, 0.717) is 59.1 Å². The second-order valence-corrected chi connectivity index (χ2v) is 13.6. The van der Waals surface area contributed by atoms with Crippen molar-refractivity contribution in [3.63, 3.8) is 0 Å². The van der Waals surface area contributed by atoms with E-state index in [9.17, 15) is 14.4 Å². The van der Waals surface area contributed by atoms with E-state index in [2.05, 4.69) is 32.7 Å². The highest BCUT2D eigenvalue weighted by molar-refractivity contribution is 6.08. The smallest absolute Gasteiger partial charge is 0.255 e. The molecule has 2 fully saturated rings. The quantitative estimate of drug-likeness (QED) is 0.195. The van der Waals surface area contributed by atoms with Crippen molar-refractivity contribution in [1.82, 2.24) is 20.1 Å². The number of carbonyl (C=O) groups excluding carboxylic acids is 3. The van der Waals surface area contributed by atoms with Gasteiger partial charge in [-0.3, -0.25) is 24.3 Å². The van der Waals surface area contributed by atoms with Crippen molar-refractivity contribution in [3.8, 4) is 17.0 Å². The molecule has 10 heteroatoms. The lowest BCUT2D eigenvalue weighted by atomic mass is 9.87. The largest absolute Gasteiger partial charge is 0.490 e. The number of hydrogen-bond donors (Lipinski definition) is 2. The minimum atomic E-state index is -0.362. The van der Waals surface area contributed by atoms with Gasteiger partial charge in [-0.15, -0.1) is 0 Å². The first-order chi connectivity index (χ1) is 24.9. The van der Waals surface area contributed by atoms with Crippen LogP contribution >= 0.6 is 0 Å². The Morgan fingerprint density at radius 1 is 0.882 bits per heavy atom. The van der Waals surface area contributed by atoms with Gasteiger partial charge in [-0.2, -0.15) is 0 Å². The zero-order chi connectivity index (χ0) is 35.2. The third-order valence-corrected chi connectivity index (χ3v) is 10.1. The number of nitrogens with one attached hydrogen (secondary N) is 2. The van der Waals surface area contributed by atoms with Gasteiger partial charge >= 0.3 is 0 Å². The van der Waals surface area contributed by atoms with E-state index in [4.69, 9.17) is 9.47 Å². The molecule has 51 heavy (non-hydrogen) atoms. The Bertz CT molecular complexity index is 1890. The van der Waals surface area contributed by atoms with Gasteiger partial charge < -0.3 is 25.0 Å². The molecule has 10 nitrogen and oxygen atoms in total. The number of hydrogen-bond acceptors (Lipinski definition) is 7. The Labute approximate surface area is 299 Å². The average Bonchev–Trinajstić information content (AvgIpc) is 3.16. The first-order valence-corrected chi connectivity index (χ1v) is 18.0. The first-order valence-electron chi connectivity index (χ1n) is 18.0. The number of aromatic nitrogens is 1. The lowest BCUT2D eigenvalue weighted by Gasteiger charge is -2.28. The molecule has 3 amide bonds. The molecule has 0 bridgehead atoms. The molecule has 264 valence electrons. The Morgan fingerprint density at radius 3 is 2.51 bits per heavy atom. The lowest BCUT2D eigenvalue weighted by Crippen LogP contribution is -2.41. The van der Waals surface area contributed by atoms with Gasteiger partial charge in [0, 0.05) is 61.7 Å². The normalized spacial score (nSPS) is 17.5. The Kier molecular flexibility index (Phi) is 10.7. The molecule has 2 N–H and O–H groups in total. The van der Waals surface area contributed by atoms with Crippen LogP contribution in [0.4, 0.5) is 5.69 Å². The Hall–Kier alpha value is -5.06. The van der Waals surface area contributed by atoms with E-state index >= 15 is 0 Å². The van der Waals surface area contributed by atoms with Crippen LogP contribution in [0, 0.1) is 0 Å². The summed E-state index contributed by atoms with van der Waals surface area (Å²) in [5.41, 5.74) is 5.41. The summed E-state index contributed by atoms with van der Waals surface area (Å²) >= 11 is 0. The van der Waals surface area contributed by atoms with Crippen LogP contribution in [0.1, 0.15) is 80.3 Å². The second-order valence-electron chi connectivity index (χ2n) is 13.6. The molecule has 0 radical (unpaired) electrons. The van der Waals surface area contributed by atoms with Gasteiger partial charge in [-0.25, -0.2) is 0 Å². The summed E-state index contributed by atoms with van der Waals surface area (Å²) in [6.07, 6.45) is 7.85. The van der Waals surface area contributed by atoms with Crippen molar-refractivity contribution in [1.29, 1.82) is 0 Å². The minimum absolute atomic E-state index is 0.0553. The number of ether oxygens (including phenoxy) is 2. The fourth-order valence-corrected chi connectivity index (χ4v) is 6.89. The summed E-state index contributed by atoms with van der Waals surface area (Å²) < 4.78 is 11.6. The molecular formula is C41H45N5O5. The molecule has 3 aliphatic rings. The van der Waals surface area contributed by atoms with Crippen LogP contribution in [0.3, 0.4) is 0 Å². The van der Waals surface area contributed by atoms with Gasteiger partial charge in [0.2, 0.25) is 0 Å². The maximum atomic E-state index is 13.7. The van der Waals surface area contributed by atoms with Gasteiger partial charge in [0.1, 0.15) is 5.75 Å². The number of aryl methyl sites for hydroxylation is 1. The number of anilines is 1. The number of carbonyl (C=O) groups is 3. The highest BCUT2D eigenvalue weighted by Crippen LogP contribution is 2.35. The van der Waals surface area contributed by atoms with Crippen LogP contribution in [-0.4, -0.2) is 85.0 Å². The number of fused-ring (bicyclic) bond motifs is 1. The molecule has 1 saturated carbocycles. The third kappa shape index (κ3) is 8.30. The maximum Gasteiger partial charge on any atom is 0.255 e. The van der Waals surface area contributed by atoms with Gasteiger partial charge in [-0.1, -0.05) is 30.3 Å². The van der Waals surface area contributed by atoms with Gasteiger partial charge in [-0.05, 0) is 98.2 Å². The van der Waals surface area contributed by atoms with Crippen molar-refractivity contribution < 1.29 is 23.9 Å². The van der Waals surface area contributed by atoms with Crippen LogP contribution < -0.4 is 15.4 Å². The fourth-order valence-electron chi connectivity index (χ4n) is 6.89. The van der Waals surface area contributed by atoms with E-state index in [1.165, 1.54) is 11.1 Å². The van der Waals surface area contributed by atoms with E-state index in [1.807, 2.05) is 30.3 Å². The van der Waals surface area contributed by atoms with Crippen molar-refractivity contribution in [2.45, 2.75) is 50.7 Å². The van der Waals surface area contributed by atoms with Crippen LogP contribution in [0.5, 0.6) is 5.75 Å². The SMILES string of the molecule is CN(CCN1CCOCC1)C(=O)c1cccc(C(=O)Nc2ccc(OC3CCC3)cc2-c2cc(C(=O)N[C@H]3CCCc4ccccc43)ccn2)c1. The summed E-state index contributed by atoms with van der Waals surface area (Å²) in [6, 6.07) is 24.0. The van der Waals surface area contributed by atoms with Gasteiger partial charge in [0.05, 0.1) is 36.7 Å². The number of benzene rings is 3. The van der Waals surface area contributed by atoms with Crippen molar-refractivity contribution >= 4 is 23.4 Å². The highest BCUT2D eigenvalue weighted by atomic mass is 16.5. The standard InChI is InChI=1S/C41H45N5O5/c1-45(19-20-46-21-23-50-24-22-46)41(49)31-10-4-9-29(25-31)39(47)44-37-16-15-33(51-32-11-6-12-32)27-35(37)38-26-30(17-18-42-38)40(48)43-36-14-5-8-28-7-2-3-13-34(28)36/h2-4,7,9-10,13,15-18,25-27,32,36H,5-6,8,11-12,14,19-24H2,1H3,(H,43,48)(H,44,47)/t36-/m0/s1. The van der Waals surface area contributed by atoms with Crippen molar-refractivity contribution in [2.75, 3.05) is 51.8 Å². The summed E-state index contributed by atoms with van der Waals surface area (Å²) in [7, 11) is 1.78. The summed E-state index contributed by atoms with van der Waals surface area (Å²) in [4.78, 5) is 49.2. The van der Waals surface area contributed by atoms with E-state index in [-0.39, 0.29) is 29.9 Å². The minimum Gasteiger partial charge on any atom is -0.490 e. The second kappa shape index (κ2) is 15.9. The molecule has 1 atom stereocenters. The topological polar surface area (TPSA) is 113 Å². The van der Waals surface area contributed by atoms with Crippen molar-refractivity contribution in [2.24, 2.45) is 0 Å². The predicted molar refractivity (Wildman–Crippen MR) is 196 cm³/mol. The highest BCUT2D eigenvalue weighted by Gasteiger charge is 2.24. The van der Waals surface area contributed by atoms with E-state index < -0.39 is 0 Å². The number of rotatable bonds is 11. The average molecular weight is 688 g/mol. The molecular weight excluding hydrogens is 642 g/mol. The molecule has 2 heterocycles. The summed E-state index contributed by atoms with van der Waals surface area (Å²) in [6.45, 7) is 4.47. The van der Waals surface area contributed by atoms with Crippen molar-refractivity contribution in [3.05, 3.63) is 113 Å². The molecule has 1 saturated heterocycles. The summed E-state index contributed by atoms with van der Waals surface area (Å²) in [5.74, 6) is -0.00780. The van der Waals surface area contributed by atoms with Gasteiger partial charge in [0.15, 0.2) is 0 Å². The molecule has 1 aromatic heterocycles. The zero-order valence-corrected chi connectivity index (χ0v) is 29.1. The first kappa shape index (κ1) is 34.4. The van der Waals surface area contributed by atoms with E-state index in [0.717, 1.165) is 58.2 Å². The monoisotopic (exact) mass is 687 g/mol. The number of likely N-dealkylation sites (N-methyl/N-ethyl adjacent to an activating group) is 1. The lowest BCUT2D eigenvalue weighted by molar-refractivity contribution is 0.0338. The Balaban J connectivity index is 1.09. The summed E-state index contributed by atoms with van der Waals surface area (Å²) in [5, 5.41) is 6.28. The molecule has 4 aromatic rings. The molecule has 0 spiro atoms. The zero-order valence-electron chi connectivity index (χ0n) is 29.1. The maximum absolute atomic E-state index is 13.7. The molecule has 0 unspecified atom stereocenters. The Morgan fingerprint density at radius 2 is 1.69 bits per heavy atom. The number of morpholine rings is 1. The number of amides is 3. The van der Waals surface area contributed by atoms with Crippen LogP contribution in [0.25, 0.3) is 11.3 Å². The third-order valence-electron chi connectivity index (χ3n) is 10.1. The van der Waals surface area contributed by atoms with E-state index in [1.54, 1.807) is 54.5 Å². The number of pyridine rings is 1. The molecule has 2 aliphatic carbocycles. The molecule has 7 rings (SSSR count). The number of nitrogens with zero attached hydrogens (tertiary/aromatic N) is 3. The molecule has 3 aromatic carbocycles.